The smallest absolute Gasteiger partial charge is 0.318 e. The third-order valence-corrected chi connectivity index (χ3v) is 4.84. The Hall–Kier alpha value is -3.09. The second-order valence-corrected chi connectivity index (χ2v) is 6.53. The molecule has 0 saturated carbocycles. The Bertz CT molecular complexity index is 991. The van der Waals surface area contributed by atoms with E-state index in [9.17, 15) is 4.79 Å². The third kappa shape index (κ3) is 3.08. The number of benzene rings is 1. The van der Waals surface area contributed by atoms with Crippen LogP contribution in [0.15, 0.2) is 24.3 Å². The van der Waals surface area contributed by atoms with E-state index < -0.39 is 6.03 Å². The number of amides is 2. The molecule has 0 fully saturated rings. The molecule has 1 aromatic carbocycles. The van der Waals surface area contributed by atoms with Gasteiger partial charge >= 0.3 is 6.03 Å². The van der Waals surface area contributed by atoms with Gasteiger partial charge in [0.15, 0.2) is 5.82 Å². The average molecular weight is 352 g/mol. The number of nitrogens with two attached hydrogens (primary N) is 2. The highest BCUT2D eigenvalue weighted by molar-refractivity contribution is 5.90. The van der Waals surface area contributed by atoms with Gasteiger partial charge in [-0.1, -0.05) is 12.1 Å². The van der Waals surface area contributed by atoms with E-state index in [-0.39, 0.29) is 0 Å². The molecule has 0 unspecified atom stereocenters. The molecule has 7 nitrogen and oxygen atoms in total. The first-order chi connectivity index (χ1) is 12.3. The molecule has 2 amide bonds. The molecule has 0 aliphatic rings. The molecule has 136 valence electrons. The number of primary amides is 1. The van der Waals surface area contributed by atoms with Gasteiger partial charge in [-0.05, 0) is 50.5 Å². The first kappa shape index (κ1) is 17.7. The molecular formula is C19H24N6O. The molecule has 2 aromatic heterocycles. The first-order valence-electron chi connectivity index (χ1n) is 8.51. The Balaban J connectivity index is 1.93. The van der Waals surface area contributed by atoms with Crippen LogP contribution in [0.25, 0.3) is 11.0 Å². The summed E-state index contributed by atoms with van der Waals surface area (Å²) in [5.74, 6) is 1.38. The number of hydrogen-bond donors (Lipinski definition) is 2. The minimum absolute atomic E-state index is 0.468. The summed E-state index contributed by atoms with van der Waals surface area (Å²) in [4.78, 5) is 21.8. The minimum Gasteiger partial charge on any atom is -0.382 e. The van der Waals surface area contributed by atoms with Gasteiger partial charge in [-0.2, -0.15) is 0 Å². The van der Waals surface area contributed by atoms with Crippen LogP contribution in [0, 0.1) is 20.8 Å². The van der Waals surface area contributed by atoms with Crippen LogP contribution in [0.3, 0.4) is 0 Å². The normalized spacial score (nSPS) is 11.1. The lowest BCUT2D eigenvalue weighted by Gasteiger charge is -2.16. The first-order valence-corrected chi connectivity index (χ1v) is 8.51. The summed E-state index contributed by atoms with van der Waals surface area (Å²) in [7, 11) is 1.66. The summed E-state index contributed by atoms with van der Waals surface area (Å²) in [5, 5.41) is 0. The summed E-state index contributed by atoms with van der Waals surface area (Å²) in [6.45, 7) is 6.74. The minimum atomic E-state index is -0.479. The number of aromatic nitrogens is 3. The number of pyridine rings is 1. The Kier molecular flexibility index (Phi) is 4.54. The summed E-state index contributed by atoms with van der Waals surface area (Å²) < 4.78 is 2.18. The van der Waals surface area contributed by atoms with Crippen molar-refractivity contribution in [1.29, 1.82) is 0 Å². The summed E-state index contributed by atoms with van der Waals surface area (Å²) >= 11 is 0. The Morgan fingerprint density at radius 1 is 1.23 bits per heavy atom. The van der Waals surface area contributed by atoms with E-state index in [1.165, 1.54) is 4.90 Å². The van der Waals surface area contributed by atoms with Crippen molar-refractivity contribution < 1.29 is 4.79 Å². The highest BCUT2D eigenvalue weighted by Gasteiger charge is 2.15. The van der Waals surface area contributed by atoms with Crippen molar-refractivity contribution >= 4 is 28.6 Å². The van der Waals surface area contributed by atoms with E-state index in [0.717, 1.165) is 52.3 Å². The predicted octanol–water partition coefficient (Wildman–Crippen LogP) is 2.70. The molecular weight excluding hydrogens is 328 g/mol. The van der Waals surface area contributed by atoms with E-state index in [4.69, 9.17) is 11.5 Å². The topological polar surface area (TPSA) is 103 Å². The molecule has 0 spiro atoms. The molecule has 3 aromatic rings. The quantitative estimate of drug-likeness (QED) is 0.753. The van der Waals surface area contributed by atoms with Crippen molar-refractivity contribution in [3.63, 3.8) is 0 Å². The number of fused-ring (bicyclic) bond motifs is 1. The predicted molar refractivity (Wildman–Crippen MR) is 104 cm³/mol. The van der Waals surface area contributed by atoms with Gasteiger partial charge in [0.1, 0.15) is 11.3 Å². The number of imidazole rings is 1. The maximum atomic E-state index is 11.4. The number of hydrogen-bond acceptors (Lipinski definition) is 4. The van der Waals surface area contributed by atoms with Gasteiger partial charge in [0.2, 0.25) is 0 Å². The zero-order chi connectivity index (χ0) is 19.0. The number of rotatable bonds is 4. The monoisotopic (exact) mass is 352 g/mol. The third-order valence-electron chi connectivity index (χ3n) is 4.84. The molecule has 0 bridgehead atoms. The second-order valence-electron chi connectivity index (χ2n) is 6.53. The lowest BCUT2D eigenvalue weighted by atomic mass is 10.1. The summed E-state index contributed by atoms with van der Waals surface area (Å²) in [5.41, 5.74) is 17.1. The fourth-order valence-corrected chi connectivity index (χ4v) is 3.17. The van der Waals surface area contributed by atoms with Crippen LogP contribution in [0.5, 0.6) is 0 Å². The van der Waals surface area contributed by atoms with Gasteiger partial charge in [0, 0.05) is 25.0 Å². The number of anilines is 2. The number of nitrogen functional groups attached to an aromatic ring is 1. The Morgan fingerprint density at radius 2 is 1.96 bits per heavy atom. The van der Waals surface area contributed by atoms with Crippen molar-refractivity contribution in [2.24, 2.45) is 5.73 Å². The van der Waals surface area contributed by atoms with E-state index in [0.29, 0.717) is 5.82 Å². The van der Waals surface area contributed by atoms with Crippen molar-refractivity contribution in [3.05, 3.63) is 46.9 Å². The maximum absolute atomic E-state index is 11.4. The molecule has 4 N–H and O–H groups in total. The zero-order valence-electron chi connectivity index (χ0n) is 15.6. The average Bonchev–Trinajstić information content (AvgIpc) is 2.94. The summed E-state index contributed by atoms with van der Waals surface area (Å²) in [6.07, 6.45) is 0.799. The largest absolute Gasteiger partial charge is 0.382 e. The van der Waals surface area contributed by atoms with Crippen LogP contribution in [-0.4, -0.2) is 27.6 Å². The lowest BCUT2D eigenvalue weighted by molar-refractivity contribution is 0.255. The molecule has 2 heterocycles. The maximum Gasteiger partial charge on any atom is 0.318 e. The SMILES string of the molecule is Cc1nc(N)c2nc(C)n(CCc3cccc(N(C)C(N)=O)c3)c2c1C. The highest BCUT2D eigenvalue weighted by atomic mass is 16.2. The van der Waals surface area contributed by atoms with Gasteiger partial charge in [-0.15, -0.1) is 0 Å². The number of carbonyl (C=O) groups is 1. The van der Waals surface area contributed by atoms with Crippen molar-refractivity contribution in [2.45, 2.75) is 33.7 Å². The Labute approximate surface area is 152 Å². The molecule has 3 rings (SSSR count). The van der Waals surface area contributed by atoms with Crippen molar-refractivity contribution in [3.8, 4) is 0 Å². The van der Waals surface area contributed by atoms with Crippen molar-refractivity contribution in [2.75, 3.05) is 17.7 Å². The van der Waals surface area contributed by atoms with Crippen molar-refractivity contribution in [1.82, 2.24) is 14.5 Å². The number of urea groups is 1. The van der Waals surface area contributed by atoms with Crippen LogP contribution < -0.4 is 16.4 Å². The molecule has 7 heteroatoms. The van der Waals surface area contributed by atoms with Crippen LogP contribution in [-0.2, 0) is 13.0 Å². The molecule has 26 heavy (non-hydrogen) atoms. The van der Waals surface area contributed by atoms with Gasteiger partial charge in [-0.25, -0.2) is 14.8 Å². The molecule has 0 radical (unpaired) electrons. The molecule has 0 aliphatic heterocycles. The zero-order valence-corrected chi connectivity index (χ0v) is 15.6. The van der Waals surface area contributed by atoms with Crippen LogP contribution >= 0.6 is 0 Å². The molecule has 0 aliphatic carbocycles. The second kappa shape index (κ2) is 6.67. The van der Waals surface area contributed by atoms with Crippen LogP contribution in [0.2, 0.25) is 0 Å². The van der Waals surface area contributed by atoms with Gasteiger partial charge < -0.3 is 16.0 Å². The van der Waals surface area contributed by atoms with Gasteiger partial charge in [0.05, 0.1) is 5.52 Å². The van der Waals surface area contributed by atoms with Crippen LogP contribution in [0.4, 0.5) is 16.3 Å². The Morgan fingerprint density at radius 3 is 2.65 bits per heavy atom. The van der Waals surface area contributed by atoms with E-state index >= 15 is 0 Å². The molecule has 0 atom stereocenters. The van der Waals surface area contributed by atoms with Crippen LogP contribution in [0.1, 0.15) is 22.6 Å². The standard InChI is InChI=1S/C19H24N6O/c1-11-12(2)22-18(20)16-17(11)25(13(3)23-16)9-8-14-6-5-7-15(10-14)24(4)19(21)26/h5-7,10H,8-9H2,1-4H3,(H2,20,22)(H2,21,26). The lowest BCUT2D eigenvalue weighted by Crippen LogP contribution is -2.31. The summed E-state index contributed by atoms with van der Waals surface area (Å²) in [6, 6.07) is 7.34. The number of aryl methyl sites for hydroxylation is 5. The highest BCUT2D eigenvalue weighted by Crippen LogP contribution is 2.26. The fraction of sp³-hybridized carbons (Fsp3) is 0.316. The van der Waals surface area contributed by atoms with E-state index in [1.807, 2.05) is 45.0 Å². The van der Waals surface area contributed by atoms with E-state index in [2.05, 4.69) is 14.5 Å². The molecule has 0 saturated heterocycles. The number of carbonyl (C=O) groups excluding carboxylic acids is 1. The fourth-order valence-electron chi connectivity index (χ4n) is 3.17. The van der Waals surface area contributed by atoms with E-state index in [1.54, 1.807) is 7.05 Å². The number of nitrogens with zero attached hydrogens (tertiary/aromatic N) is 4. The van der Waals surface area contributed by atoms with Gasteiger partial charge in [0.25, 0.3) is 0 Å². The van der Waals surface area contributed by atoms with Gasteiger partial charge in [-0.3, -0.25) is 4.90 Å².